The zero-order valence-electron chi connectivity index (χ0n) is 10.5. The Morgan fingerprint density at radius 2 is 1.88 bits per heavy atom. The molecule has 0 aromatic carbocycles. The van der Waals surface area contributed by atoms with E-state index < -0.39 is 10.0 Å². The molecule has 0 bridgehead atoms. The van der Waals surface area contributed by atoms with Gasteiger partial charge in [0.1, 0.15) is 0 Å². The maximum Gasteiger partial charge on any atom is 0.237 e. The topological polar surface area (TPSA) is 58.2 Å². The van der Waals surface area contributed by atoms with Gasteiger partial charge < -0.3 is 5.32 Å². The van der Waals surface area contributed by atoms with E-state index >= 15 is 0 Å². The van der Waals surface area contributed by atoms with Gasteiger partial charge in [0.2, 0.25) is 10.0 Å². The van der Waals surface area contributed by atoms with E-state index in [0.29, 0.717) is 12.5 Å². The number of hydrogen-bond donors (Lipinski definition) is 2. The lowest BCUT2D eigenvalue weighted by Gasteiger charge is -2.23. The molecule has 0 radical (unpaired) electrons. The first-order valence-corrected chi connectivity index (χ1v) is 8.16. The van der Waals surface area contributed by atoms with E-state index in [1.165, 1.54) is 0 Å². The lowest BCUT2D eigenvalue weighted by molar-refractivity contribution is 0.481. The third kappa shape index (κ3) is 5.21. The molecule has 1 rings (SSSR count). The first-order valence-electron chi connectivity index (χ1n) is 6.21. The molecule has 1 saturated carbocycles. The fourth-order valence-electron chi connectivity index (χ4n) is 1.92. The van der Waals surface area contributed by atoms with Crippen molar-refractivity contribution in [2.24, 2.45) is 5.92 Å². The number of rotatable bonds is 4. The Kier molecular flexibility index (Phi) is 5.66. The van der Waals surface area contributed by atoms with Gasteiger partial charge >= 0.3 is 0 Å². The molecular weight excluding hydrogens is 256 g/mol. The van der Waals surface area contributed by atoms with E-state index in [2.05, 4.69) is 10.0 Å². The van der Waals surface area contributed by atoms with E-state index in [4.69, 9.17) is 12.2 Å². The van der Waals surface area contributed by atoms with Gasteiger partial charge in [-0.2, -0.15) is 0 Å². The van der Waals surface area contributed by atoms with Crippen LogP contribution in [-0.2, 0) is 10.0 Å². The average molecular weight is 278 g/mol. The van der Waals surface area contributed by atoms with Gasteiger partial charge in [-0.1, -0.05) is 33.1 Å². The minimum atomic E-state index is -3.28. The molecule has 2 N–H and O–H groups in total. The van der Waals surface area contributed by atoms with Crippen LogP contribution in [0.3, 0.4) is 0 Å². The summed E-state index contributed by atoms with van der Waals surface area (Å²) in [6, 6.07) is 0. The number of hydrogen-bond acceptors (Lipinski definition) is 3. The summed E-state index contributed by atoms with van der Waals surface area (Å²) in [7, 11) is -3.28. The second kappa shape index (κ2) is 6.54. The van der Waals surface area contributed by atoms with Gasteiger partial charge in [-0.25, -0.2) is 8.42 Å². The second-order valence-corrected chi connectivity index (χ2v) is 7.38. The molecule has 1 aliphatic carbocycles. The van der Waals surface area contributed by atoms with Crippen LogP contribution in [0.15, 0.2) is 0 Å². The van der Waals surface area contributed by atoms with Gasteiger partial charge in [-0.05, 0) is 31.0 Å². The minimum Gasteiger partial charge on any atom is -0.362 e. The van der Waals surface area contributed by atoms with Crippen LogP contribution in [0.25, 0.3) is 0 Å². The summed E-state index contributed by atoms with van der Waals surface area (Å²) in [6.07, 6.45) is 4.64. The molecule has 0 amide bonds. The molecule has 0 aromatic heterocycles. The third-order valence-electron chi connectivity index (χ3n) is 2.90. The van der Waals surface area contributed by atoms with Crippen molar-refractivity contribution >= 4 is 27.4 Å². The van der Waals surface area contributed by atoms with Crippen molar-refractivity contribution in [3.05, 3.63) is 0 Å². The molecule has 0 spiro atoms. The van der Waals surface area contributed by atoms with Crippen LogP contribution in [0.2, 0.25) is 0 Å². The maximum atomic E-state index is 12.0. The van der Waals surface area contributed by atoms with Gasteiger partial charge in [0.15, 0.2) is 5.11 Å². The molecule has 0 unspecified atom stereocenters. The summed E-state index contributed by atoms with van der Waals surface area (Å²) >= 11 is 4.99. The van der Waals surface area contributed by atoms with Gasteiger partial charge in [-0.15, -0.1) is 0 Å². The predicted molar refractivity (Wildman–Crippen MR) is 74.4 cm³/mol. The van der Waals surface area contributed by atoms with Crippen molar-refractivity contribution in [3.8, 4) is 0 Å². The zero-order valence-corrected chi connectivity index (χ0v) is 12.2. The van der Waals surface area contributed by atoms with Crippen LogP contribution in [-0.4, -0.2) is 25.3 Å². The molecular formula is C11H22N2O2S2. The summed E-state index contributed by atoms with van der Waals surface area (Å²) in [5.74, 6) is 0.437. The molecule has 100 valence electrons. The lowest BCUT2D eigenvalue weighted by Crippen LogP contribution is -2.45. The Hall–Kier alpha value is -0.360. The van der Waals surface area contributed by atoms with Crippen molar-refractivity contribution < 1.29 is 8.42 Å². The zero-order chi connectivity index (χ0) is 12.9. The highest BCUT2D eigenvalue weighted by Gasteiger charge is 2.27. The van der Waals surface area contributed by atoms with Gasteiger partial charge in [-0.3, -0.25) is 4.72 Å². The lowest BCUT2D eigenvalue weighted by atomic mass is 10.0. The SMILES string of the molecule is CC(C)CNC(=S)NS(=O)(=O)C1CCCCC1. The average Bonchev–Trinajstić information content (AvgIpc) is 2.27. The fraction of sp³-hybridized carbons (Fsp3) is 0.909. The van der Waals surface area contributed by atoms with Crippen molar-refractivity contribution in [2.45, 2.75) is 51.2 Å². The highest BCUT2D eigenvalue weighted by atomic mass is 32.2. The van der Waals surface area contributed by atoms with Gasteiger partial charge in [0.05, 0.1) is 5.25 Å². The van der Waals surface area contributed by atoms with Crippen LogP contribution >= 0.6 is 12.2 Å². The fourth-order valence-corrected chi connectivity index (χ4v) is 3.80. The number of thiocarbonyl (C=S) groups is 1. The first kappa shape index (κ1) is 14.7. The molecule has 4 nitrogen and oxygen atoms in total. The van der Waals surface area contributed by atoms with E-state index in [1.807, 2.05) is 13.8 Å². The van der Waals surface area contributed by atoms with Crippen LogP contribution < -0.4 is 10.0 Å². The van der Waals surface area contributed by atoms with Gasteiger partial charge in [0.25, 0.3) is 0 Å². The van der Waals surface area contributed by atoms with Crippen molar-refractivity contribution in [1.82, 2.24) is 10.0 Å². The molecule has 0 aliphatic heterocycles. The molecule has 6 heteroatoms. The Balaban J connectivity index is 2.45. The van der Waals surface area contributed by atoms with E-state index in [-0.39, 0.29) is 10.4 Å². The smallest absolute Gasteiger partial charge is 0.237 e. The third-order valence-corrected chi connectivity index (χ3v) is 5.11. The van der Waals surface area contributed by atoms with Crippen LogP contribution in [0.1, 0.15) is 46.0 Å². The molecule has 0 atom stereocenters. The Morgan fingerprint density at radius 3 is 2.41 bits per heavy atom. The molecule has 1 aliphatic rings. The van der Waals surface area contributed by atoms with Crippen LogP contribution in [0, 0.1) is 5.92 Å². The maximum absolute atomic E-state index is 12.0. The largest absolute Gasteiger partial charge is 0.362 e. The van der Waals surface area contributed by atoms with Crippen LogP contribution in [0.4, 0.5) is 0 Å². The Morgan fingerprint density at radius 1 is 1.29 bits per heavy atom. The quantitative estimate of drug-likeness (QED) is 0.770. The Bertz CT molecular complexity index is 346. The summed E-state index contributed by atoms with van der Waals surface area (Å²) in [6.45, 7) is 4.78. The Labute approximate surface area is 110 Å². The van der Waals surface area contributed by atoms with E-state index in [9.17, 15) is 8.42 Å². The number of nitrogens with one attached hydrogen (secondary N) is 2. The van der Waals surface area contributed by atoms with Crippen molar-refractivity contribution in [3.63, 3.8) is 0 Å². The van der Waals surface area contributed by atoms with E-state index in [1.54, 1.807) is 0 Å². The van der Waals surface area contributed by atoms with Crippen molar-refractivity contribution in [2.75, 3.05) is 6.54 Å². The number of sulfonamides is 1. The summed E-state index contributed by atoms with van der Waals surface area (Å²) in [4.78, 5) is 0. The second-order valence-electron chi connectivity index (χ2n) is 5.01. The summed E-state index contributed by atoms with van der Waals surface area (Å²) in [5, 5.41) is 2.88. The minimum absolute atomic E-state index is 0.226. The van der Waals surface area contributed by atoms with E-state index in [0.717, 1.165) is 32.1 Å². The molecule has 0 aromatic rings. The monoisotopic (exact) mass is 278 g/mol. The molecule has 1 fully saturated rings. The highest BCUT2D eigenvalue weighted by Crippen LogP contribution is 2.22. The normalized spacial score (nSPS) is 18.1. The summed E-state index contributed by atoms with van der Waals surface area (Å²) in [5.41, 5.74) is 0. The van der Waals surface area contributed by atoms with Crippen molar-refractivity contribution in [1.29, 1.82) is 0 Å². The highest BCUT2D eigenvalue weighted by molar-refractivity contribution is 7.92. The first-order chi connectivity index (χ1) is 7.92. The van der Waals surface area contributed by atoms with Gasteiger partial charge in [0, 0.05) is 6.54 Å². The van der Waals surface area contributed by atoms with Crippen LogP contribution in [0.5, 0.6) is 0 Å². The molecule has 0 heterocycles. The standard InChI is InChI=1S/C11H22N2O2S2/c1-9(2)8-12-11(16)13-17(14,15)10-6-4-3-5-7-10/h9-10H,3-8H2,1-2H3,(H2,12,13,16). The molecule has 0 saturated heterocycles. The molecule has 17 heavy (non-hydrogen) atoms. The predicted octanol–water partition coefficient (Wildman–Crippen LogP) is 1.77. The summed E-state index contributed by atoms with van der Waals surface area (Å²) < 4.78 is 26.5.